The number of aromatic nitrogens is 2. The Bertz CT molecular complexity index is 925. The minimum atomic E-state index is -1.46. The van der Waals surface area contributed by atoms with Crippen LogP contribution in [-0.2, 0) is 5.54 Å². The molecular weight excluding hydrogens is 352 g/mol. The predicted molar refractivity (Wildman–Crippen MR) is 96.2 cm³/mol. The Morgan fingerprint density at radius 2 is 2.07 bits per heavy atom. The van der Waals surface area contributed by atoms with E-state index in [0.29, 0.717) is 17.1 Å². The summed E-state index contributed by atoms with van der Waals surface area (Å²) < 4.78 is 33.7. The van der Waals surface area contributed by atoms with Crippen molar-refractivity contribution in [2.75, 3.05) is 13.8 Å². The number of aliphatic imine (C=N–C) groups is 1. The standard InChI is InChI=1S/C19H19F2N5O/c1-18(11-22)5-6-19(10-20,26-17(18)23)13-7-12(3-4-14(13)21)15-8-25-16(27-2)9-24-15/h3-4,7-9H,5-6,10H2,1-2H3,(H2,23,26)/t18-,19+/m0/s1. The molecule has 8 heteroatoms. The van der Waals surface area contributed by atoms with Crippen molar-refractivity contribution in [2.45, 2.75) is 25.3 Å². The first kappa shape index (κ1) is 18.7. The molecule has 140 valence electrons. The van der Waals surface area contributed by atoms with Gasteiger partial charge in [-0.1, -0.05) is 0 Å². The van der Waals surface area contributed by atoms with E-state index in [1.807, 2.05) is 0 Å². The van der Waals surface area contributed by atoms with E-state index < -0.39 is 23.4 Å². The Morgan fingerprint density at radius 1 is 1.30 bits per heavy atom. The molecular formula is C19H19F2N5O. The summed E-state index contributed by atoms with van der Waals surface area (Å²) in [5, 5.41) is 9.32. The Morgan fingerprint density at radius 3 is 2.63 bits per heavy atom. The smallest absolute Gasteiger partial charge is 0.232 e. The molecule has 0 spiro atoms. The van der Waals surface area contributed by atoms with Gasteiger partial charge in [0.15, 0.2) is 0 Å². The SMILES string of the molecule is COc1cnc(-c2ccc(F)c([C@]3(CF)CC[C@@](C)(C#N)C(N)=N3)c2)cn1. The second kappa shape index (κ2) is 6.91. The Balaban J connectivity index is 2.09. The van der Waals surface area contributed by atoms with Crippen molar-refractivity contribution in [1.82, 2.24) is 9.97 Å². The van der Waals surface area contributed by atoms with Gasteiger partial charge < -0.3 is 10.5 Å². The van der Waals surface area contributed by atoms with Gasteiger partial charge >= 0.3 is 0 Å². The van der Waals surface area contributed by atoms with E-state index in [1.54, 1.807) is 6.92 Å². The second-order valence-electron chi connectivity index (χ2n) is 6.74. The lowest BCUT2D eigenvalue weighted by atomic mass is 9.74. The molecule has 2 aromatic rings. The largest absolute Gasteiger partial charge is 0.480 e. The van der Waals surface area contributed by atoms with Crippen molar-refractivity contribution >= 4 is 5.84 Å². The normalized spacial score (nSPS) is 24.8. The highest BCUT2D eigenvalue weighted by Gasteiger charge is 2.44. The molecule has 0 aliphatic carbocycles. The summed E-state index contributed by atoms with van der Waals surface area (Å²) in [6, 6.07) is 6.40. The summed E-state index contributed by atoms with van der Waals surface area (Å²) >= 11 is 0. The number of methoxy groups -OCH3 is 1. The van der Waals surface area contributed by atoms with Crippen LogP contribution in [0, 0.1) is 22.6 Å². The maximum absolute atomic E-state index is 14.6. The monoisotopic (exact) mass is 371 g/mol. The van der Waals surface area contributed by atoms with Crippen molar-refractivity contribution in [3.8, 4) is 23.2 Å². The molecule has 2 heterocycles. The lowest BCUT2D eigenvalue weighted by Gasteiger charge is -2.37. The first-order chi connectivity index (χ1) is 12.9. The number of rotatable bonds is 4. The van der Waals surface area contributed by atoms with Gasteiger partial charge in [0.05, 0.1) is 31.3 Å². The zero-order valence-electron chi connectivity index (χ0n) is 15.0. The number of ether oxygens (including phenoxy) is 1. The Hall–Kier alpha value is -3.08. The van der Waals surface area contributed by atoms with Crippen LogP contribution >= 0.6 is 0 Å². The molecule has 2 N–H and O–H groups in total. The van der Waals surface area contributed by atoms with Crippen LogP contribution in [0.25, 0.3) is 11.3 Å². The molecule has 1 aliphatic heterocycles. The van der Waals surface area contributed by atoms with Gasteiger partial charge in [-0.3, -0.25) is 4.99 Å². The highest BCUT2D eigenvalue weighted by Crippen LogP contribution is 2.43. The molecule has 3 rings (SSSR count). The van der Waals surface area contributed by atoms with Gasteiger partial charge in [0, 0.05) is 11.1 Å². The lowest BCUT2D eigenvalue weighted by molar-refractivity contribution is 0.249. The van der Waals surface area contributed by atoms with Gasteiger partial charge in [-0.2, -0.15) is 5.26 Å². The van der Waals surface area contributed by atoms with Gasteiger partial charge in [0.2, 0.25) is 5.88 Å². The molecule has 6 nitrogen and oxygen atoms in total. The maximum atomic E-state index is 14.6. The van der Waals surface area contributed by atoms with Crippen LogP contribution < -0.4 is 10.5 Å². The van der Waals surface area contributed by atoms with E-state index in [9.17, 15) is 14.0 Å². The van der Waals surface area contributed by atoms with Crippen molar-refractivity contribution in [2.24, 2.45) is 16.1 Å². The molecule has 0 unspecified atom stereocenters. The third-order valence-corrected chi connectivity index (χ3v) is 5.01. The summed E-state index contributed by atoms with van der Waals surface area (Å²) in [6.45, 7) is 0.720. The molecule has 1 aromatic carbocycles. The fourth-order valence-corrected chi connectivity index (χ4v) is 3.08. The Kier molecular flexibility index (Phi) is 4.79. The van der Waals surface area contributed by atoms with Crippen molar-refractivity contribution < 1.29 is 13.5 Å². The first-order valence-corrected chi connectivity index (χ1v) is 8.37. The van der Waals surface area contributed by atoms with Crippen LogP contribution in [0.4, 0.5) is 8.78 Å². The molecule has 1 aromatic heterocycles. The number of hydrogen-bond donors (Lipinski definition) is 1. The average molecular weight is 371 g/mol. The third kappa shape index (κ3) is 3.21. The molecule has 0 bridgehead atoms. The number of nitriles is 1. The summed E-state index contributed by atoms with van der Waals surface area (Å²) in [6.07, 6.45) is 3.39. The molecule has 27 heavy (non-hydrogen) atoms. The molecule has 1 aliphatic rings. The number of amidine groups is 1. The number of hydrogen-bond acceptors (Lipinski definition) is 6. The van der Waals surface area contributed by atoms with E-state index in [4.69, 9.17) is 10.5 Å². The maximum Gasteiger partial charge on any atom is 0.232 e. The molecule has 0 radical (unpaired) electrons. The zero-order valence-corrected chi connectivity index (χ0v) is 15.0. The first-order valence-electron chi connectivity index (χ1n) is 8.37. The molecule has 2 atom stereocenters. The lowest BCUT2D eigenvalue weighted by Crippen LogP contribution is -2.44. The molecule has 0 saturated heterocycles. The van der Waals surface area contributed by atoms with Crippen LogP contribution in [0.2, 0.25) is 0 Å². The number of nitrogens with zero attached hydrogens (tertiary/aromatic N) is 4. The summed E-state index contributed by atoms with van der Waals surface area (Å²) in [5.41, 5.74) is 4.65. The van der Waals surface area contributed by atoms with E-state index in [-0.39, 0.29) is 24.2 Å². The van der Waals surface area contributed by atoms with Crippen LogP contribution in [0.1, 0.15) is 25.3 Å². The van der Waals surface area contributed by atoms with Gasteiger partial charge in [0.25, 0.3) is 0 Å². The van der Waals surface area contributed by atoms with Crippen LogP contribution in [0.15, 0.2) is 35.6 Å². The molecule has 0 fully saturated rings. The van der Waals surface area contributed by atoms with Crippen molar-refractivity contribution in [3.63, 3.8) is 0 Å². The topological polar surface area (TPSA) is 97.2 Å². The highest BCUT2D eigenvalue weighted by molar-refractivity contribution is 5.90. The summed E-state index contributed by atoms with van der Waals surface area (Å²) in [5.74, 6) is -0.223. The van der Waals surface area contributed by atoms with E-state index in [1.165, 1.54) is 37.7 Å². The number of halogens is 2. The summed E-state index contributed by atoms with van der Waals surface area (Å²) in [7, 11) is 1.48. The highest BCUT2D eigenvalue weighted by atomic mass is 19.1. The van der Waals surface area contributed by atoms with Crippen molar-refractivity contribution in [3.05, 3.63) is 42.0 Å². The molecule has 0 amide bonds. The van der Waals surface area contributed by atoms with Gasteiger partial charge in [-0.25, -0.2) is 18.7 Å². The Labute approximate surface area is 155 Å². The van der Waals surface area contributed by atoms with Crippen LogP contribution in [0.5, 0.6) is 5.88 Å². The third-order valence-electron chi connectivity index (χ3n) is 5.01. The van der Waals surface area contributed by atoms with Crippen molar-refractivity contribution in [1.29, 1.82) is 5.26 Å². The molecule has 0 saturated carbocycles. The number of benzene rings is 1. The van der Waals surface area contributed by atoms with Crippen LogP contribution in [0.3, 0.4) is 0 Å². The van der Waals surface area contributed by atoms with Gasteiger partial charge in [-0.05, 0) is 38.0 Å². The fourth-order valence-electron chi connectivity index (χ4n) is 3.08. The quantitative estimate of drug-likeness (QED) is 0.890. The minimum absolute atomic E-state index is 0.0166. The zero-order chi connectivity index (χ0) is 19.7. The average Bonchev–Trinajstić information content (AvgIpc) is 2.71. The van der Waals surface area contributed by atoms with E-state index in [0.717, 1.165) is 0 Å². The van der Waals surface area contributed by atoms with E-state index >= 15 is 0 Å². The van der Waals surface area contributed by atoms with E-state index in [2.05, 4.69) is 21.0 Å². The van der Waals surface area contributed by atoms with Gasteiger partial charge in [0.1, 0.15) is 29.3 Å². The predicted octanol–water partition coefficient (Wildman–Crippen LogP) is 3.14. The minimum Gasteiger partial charge on any atom is -0.480 e. The number of alkyl halides is 1. The number of nitrogens with two attached hydrogens (primary N) is 1. The summed E-state index contributed by atoms with van der Waals surface area (Å²) in [4.78, 5) is 12.6. The van der Waals surface area contributed by atoms with Gasteiger partial charge in [-0.15, -0.1) is 0 Å². The van der Waals surface area contributed by atoms with Crippen LogP contribution in [-0.4, -0.2) is 29.6 Å². The second-order valence-corrected chi connectivity index (χ2v) is 6.74. The fraction of sp³-hybridized carbons (Fsp3) is 0.368.